The van der Waals surface area contributed by atoms with Crippen molar-refractivity contribution in [2.45, 2.75) is 5.51 Å². The van der Waals surface area contributed by atoms with Crippen molar-refractivity contribution in [3.63, 3.8) is 0 Å². The van der Waals surface area contributed by atoms with Gasteiger partial charge in [0, 0.05) is 0 Å². The Hall–Kier alpha value is -1.30. The second-order valence-corrected chi connectivity index (χ2v) is 11.7. The molecule has 0 saturated heterocycles. The van der Waals surface area contributed by atoms with Crippen LogP contribution in [0.1, 0.15) is 0 Å². The van der Waals surface area contributed by atoms with Crippen molar-refractivity contribution >= 4 is 52.9 Å². The van der Waals surface area contributed by atoms with E-state index in [-0.39, 0.29) is 0 Å². The first-order valence-corrected chi connectivity index (χ1v) is 11.5. The van der Waals surface area contributed by atoms with Gasteiger partial charge in [-0.3, -0.25) is 0 Å². The van der Waals surface area contributed by atoms with Crippen molar-refractivity contribution in [3.8, 4) is 0 Å². The fourth-order valence-electron chi connectivity index (χ4n) is 2.04. The predicted molar refractivity (Wildman–Crippen MR) is 97.2 cm³/mol. The van der Waals surface area contributed by atoms with Gasteiger partial charge in [-0.1, -0.05) is 0 Å². The van der Waals surface area contributed by atoms with Crippen LogP contribution in [-0.4, -0.2) is 18.9 Å². The standard InChI is InChI=1S/C15H10ClF3INO3S/c16-10-6-7-12-13(9-21-14(12)8-10)20(11-4-2-1-3-5-11)24-25(22,23)15(17,18)19/h1-9,21H. The van der Waals surface area contributed by atoms with Crippen LogP contribution in [0.3, 0.4) is 0 Å². The third-order valence-electron chi connectivity index (χ3n) is 3.14. The van der Waals surface area contributed by atoms with E-state index >= 15 is 0 Å². The van der Waals surface area contributed by atoms with Crippen LogP contribution in [0.25, 0.3) is 10.9 Å². The number of nitrogens with one attached hydrogen (secondary N) is 1. The number of benzene rings is 2. The molecule has 0 aliphatic carbocycles. The molecule has 134 valence electrons. The van der Waals surface area contributed by atoms with E-state index in [2.05, 4.69) is 4.98 Å². The second kappa shape index (κ2) is 6.78. The molecule has 3 rings (SSSR count). The molecule has 0 aliphatic heterocycles. The monoisotopic (exact) mass is 503 g/mol. The van der Waals surface area contributed by atoms with Crippen molar-refractivity contribution in [1.82, 2.24) is 4.98 Å². The molecule has 10 heteroatoms. The summed E-state index contributed by atoms with van der Waals surface area (Å²) in [5, 5.41) is 1.03. The minimum absolute atomic E-state index is 0.412. The van der Waals surface area contributed by atoms with Crippen molar-refractivity contribution in [2.75, 3.05) is 0 Å². The zero-order valence-corrected chi connectivity index (χ0v) is 15.9. The van der Waals surface area contributed by atoms with Crippen molar-refractivity contribution < 1.29 is 24.1 Å². The summed E-state index contributed by atoms with van der Waals surface area (Å²) in [5.74, 6) is 0. The second-order valence-electron chi connectivity index (χ2n) is 4.83. The van der Waals surface area contributed by atoms with Gasteiger partial charge in [-0.25, -0.2) is 0 Å². The number of hydrogen-bond donors (Lipinski definition) is 1. The maximum absolute atomic E-state index is 12.8. The first-order valence-electron chi connectivity index (χ1n) is 6.72. The van der Waals surface area contributed by atoms with Gasteiger partial charge in [-0.2, -0.15) is 0 Å². The van der Waals surface area contributed by atoms with Gasteiger partial charge >= 0.3 is 154 Å². The zero-order chi connectivity index (χ0) is 18.2. The van der Waals surface area contributed by atoms with E-state index in [0.29, 0.717) is 23.1 Å². The van der Waals surface area contributed by atoms with Crippen LogP contribution in [0.4, 0.5) is 13.2 Å². The van der Waals surface area contributed by atoms with Crippen LogP contribution in [-0.2, 0) is 12.6 Å². The Morgan fingerprint density at radius 2 is 1.76 bits per heavy atom. The molecular formula is C15H10ClF3INO3S. The SMILES string of the molecule is O=S(=O)(OI(c1ccccc1)c1c[nH]c2cc(Cl)ccc12)C(F)(F)F. The number of aromatic amines is 1. The molecule has 25 heavy (non-hydrogen) atoms. The number of fused-ring (bicyclic) bond motifs is 1. The molecule has 0 radical (unpaired) electrons. The Balaban J connectivity index is 2.14. The number of rotatable bonds is 4. The Bertz CT molecular complexity index is 1010. The summed E-state index contributed by atoms with van der Waals surface area (Å²) < 4.78 is 67.1. The minimum atomic E-state index is -5.72. The fourth-order valence-corrected chi connectivity index (χ4v) is 9.00. The summed E-state index contributed by atoms with van der Waals surface area (Å²) in [5.41, 5.74) is -4.89. The quantitative estimate of drug-likeness (QED) is 0.396. The molecule has 0 unspecified atom stereocenters. The molecule has 4 nitrogen and oxygen atoms in total. The molecule has 1 heterocycles. The topological polar surface area (TPSA) is 59.2 Å². The van der Waals surface area contributed by atoms with Crippen molar-refractivity contribution in [3.05, 3.63) is 66.9 Å². The van der Waals surface area contributed by atoms with Gasteiger partial charge < -0.3 is 0 Å². The molecule has 0 amide bonds. The van der Waals surface area contributed by atoms with Crippen LogP contribution < -0.4 is 0 Å². The summed E-state index contributed by atoms with van der Waals surface area (Å²) in [6.07, 6.45) is 1.48. The van der Waals surface area contributed by atoms with Gasteiger partial charge in [0.2, 0.25) is 0 Å². The molecule has 0 aliphatic rings. The van der Waals surface area contributed by atoms with E-state index in [4.69, 9.17) is 14.1 Å². The van der Waals surface area contributed by atoms with Crippen molar-refractivity contribution in [1.29, 1.82) is 0 Å². The van der Waals surface area contributed by atoms with Crippen LogP contribution >= 0.6 is 31.8 Å². The van der Waals surface area contributed by atoms with Gasteiger partial charge in [0.25, 0.3) is 0 Å². The Morgan fingerprint density at radius 1 is 1.08 bits per heavy atom. The molecule has 0 fully saturated rings. The maximum atomic E-state index is 12.8. The summed E-state index contributed by atoms with van der Waals surface area (Å²) in [4.78, 5) is 2.90. The first-order chi connectivity index (χ1) is 11.7. The van der Waals surface area contributed by atoms with Crippen LogP contribution in [0, 0.1) is 7.14 Å². The van der Waals surface area contributed by atoms with Gasteiger partial charge in [0.05, 0.1) is 0 Å². The van der Waals surface area contributed by atoms with E-state index in [1.165, 1.54) is 6.20 Å². The number of alkyl halides is 3. The molecule has 1 aromatic heterocycles. The van der Waals surface area contributed by atoms with Gasteiger partial charge in [0.15, 0.2) is 0 Å². The molecule has 0 bridgehead atoms. The molecule has 1 N–H and O–H groups in total. The van der Waals surface area contributed by atoms with Crippen LogP contribution in [0.5, 0.6) is 0 Å². The van der Waals surface area contributed by atoms with Crippen LogP contribution in [0.15, 0.2) is 54.7 Å². The fraction of sp³-hybridized carbons (Fsp3) is 0.0667. The Morgan fingerprint density at radius 3 is 2.40 bits per heavy atom. The number of hydrogen-bond acceptors (Lipinski definition) is 3. The van der Waals surface area contributed by atoms with Gasteiger partial charge in [0.1, 0.15) is 0 Å². The van der Waals surface area contributed by atoms with Gasteiger partial charge in [-0.15, -0.1) is 0 Å². The summed E-state index contributed by atoms with van der Waals surface area (Å²) in [6.45, 7) is 0. The Kier molecular flexibility index (Phi) is 5.02. The van der Waals surface area contributed by atoms with E-state index in [1.807, 2.05) is 0 Å². The average molecular weight is 504 g/mol. The number of halogens is 5. The normalized spacial score (nSPS) is 13.2. The molecule has 3 aromatic rings. The zero-order valence-electron chi connectivity index (χ0n) is 12.2. The van der Waals surface area contributed by atoms with Gasteiger partial charge in [-0.05, 0) is 0 Å². The van der Waals surface area contributed by atoms with E-state index < -0.39 is 35.9 Å². The molecule has 0 atom stereocenters. The average Bonchev–Trinajstić information content (AvgIpc) is 2.95. The predicted octanol–water partition coefficient (Wildman–Crippen LogP) is 5.15. The molecule has 2 aromatic carbocycles. The molecular weight excluding hydrogens is 494 g/mol. The summed E-state index contributed by atoms with van der Waals surface area (Å²) in [6, 6.07) is 12.9. The molecule has 0 spiro atoms. The third-order valence-corrected chi connectivity index (χ3v) is 10.5. The molecule has 0 saturated carbocycles. The van der Waals surface area contributed by atoms with Crippen molar-refractivity contribution in [2.24, 2.45) is 0 Å². The van der Waals surface area contributed by atoms with E-state index in [0.717, 1.165) is 0 Å². The van der Waals surface area contributed by atoms with E-state index in [9.17, 15) is 21.6 Å². The van der Waals surface area contributed by atoms with E-state index in [1.54, 1.807) is 48.5 Å². The first kappa shape index (κ1) is 18.5. The summed E-state index contributed by atoms with van der Waals surface area (Å²) >= 11 is 2.51. The number of aromatic nitrogens is 1. The third kappa shape index (κ3) is 3.78. The Labute approximate surface area is 154 Å². The van der Waals surface area contributed by atoms with Crippen LogP contribution in [0.2, 0.25) is 5.02 Å². The summed E-state index contributed by atoms with van der Waals surface area (Å²) in [7, 11) is -5.72. The number of H-pyrrole nitrogens is 1.